The molecule has 6 nitrogen and oxygen atoms in total. The smallest absolute Gasteiger partial charge is 0.227 e. The predicted octanol–water partition coefficient (Wildman–Crippen LogP) is 2.20. The van der Waals surface area contributed by atoms with Crippen molar-refractivity contribution in [1.82, 2.24) is 19.5 Å². The Kier molecular flexibility index (Phi) is 3.48. The van der Waals surface area contributed by atoms with Crippen LogP contribution in [-0.4, -0.2) is 45.0 Å². The van der Waals surface area contributed by atoms with Gasteiger partial charge < -0.3 is 9.80 Å². The van der Waals surface area contributed by atoms with Crippen LogP contribution in [0.3, 0.4) is 0 Å². The van der Waals surface area contributed by atoms with Crippen LogP contribution in [0.2, 0.25) is 0 Å². The molecule has 5 heterocycles. The van der Waals surface area contributed by atoms with Crippen LogP contribution in [0.1, 0.15) is 16.9 Å². The zero-order valence-corrected chi connectivity index (χ0v) is 14.7. The Morgan fingerprint density at radius 3 is 3.16 bits per heavy atom. The Hall–Kier alpha value is -2.41. The van der Waals surface area contributed by atoms with Gasteiger partial charge in [-0.05, 0) is 35.9 Å². The van der Waals surface area contributed by atoms with Crippen LogP contribution in [0.15, 0.2) is 36.1 Å². The highest BCUT2D eigenvalue weighted by Gasteiger charge is 2.34. The minimum absolute atomic E-state index is 0.0603. The number of rotatable bonds is 2. The van der Waals surface area contributed by atoms with Gasteiger partial charge in [0.2, 0.25) is 5.91 Å². The van der Waals surface area contributed by atoms with Crippen LogP contribution < -0.4 is 4.90 Å². The lowest BCUT2D eigenvalue weighted by molar-refractivity contribution is -0.135. The van der Waals surface area contributed by atoms with E-state index < -0.39 is 0 Å². The van der Waals surface area contributed by atoms with Crippen LogP contribution in [0.5, 0.6) is 0 Å². The summed E-state index contributed by atoms with van der Waals surface area (Å²) in [7, 11) is 0. The van der Waals surface area contributed by atoms with Crippen molar-refractivity contribution < 1.29 is 4.79 Å². The van der Waals surface area contributed by atoms with Crippen molar-refractivity contribution in [1.29, 1.82) is 0 Å². The second kappa shape index (κ2) is 5.84. The molecule has 0 spiro atoms. The van der Waals surface area contributed by atoms with Gasteiger partial charge in [-0.15, -0.1) is 11.3 Å². The number of hydrogen-bond donors (Lipinski definition) is 0. The minimum Gasteiger partial charge on any atom is -0.354 e. The molecule has 25 heavy (non-hydrogen) atoms. The number of amides is 1. The molecule has 0 bridgehead atoms. The predicted molar refractivity (Wildman–Crippen MR) is 96.7 cm³/mol. The number of anilines is 1. The second-order valence-electron chi connectivity index (χ2n) is 6.72. The zero-order chi connectivity index (χ0) is 16.8. The third-order valence-electron chi connectivity index (χ3n) is 5.26. The summed E-state index contributed by atoms with van der Waals surface area (Å²) < 4.78 is 1.83. The minimum atomic E-state index is 0.0603. The number of hydrogen-bond acceptors (Lipinski definition) is 5. The molecule has 128 valence electrons. The Labute approximate surface area is 149 Å². The number of nitrogens with zero attached hydrogens (tertiary/aromatic N) is 5. The first kappa shape index (κ1) is 14.9. The molecular weight excluding hydrogens is 334 g/mol. The third-order valence-corrected chi connectivity index (χ3v) is 6.28. The topological polar surface area (TPSA) is 53.7 Å². The summed E-state index contributed by atoms with van der Waals surface area (Å²) in [5, 5.41) is 6.40. The lowest BCUT2D eigenvalue weighted by Gasteiger charge is -2.29. The van der Waals surface area contributed by atoms with Crippen LogP contribution in [0.25, 0.3) is 5.52 Å². The number of carbonyl (C=O) groups is 1. The molecule has 1 saturated heterocycles. The van der Waals surface area contributed by atoms with E-state index in [1.165, 1.54) is 10.4 Å². The maximum atomic E-state index is 13.0. The van der Waals surface area contributed by atoms with Gasteiger partial charge in [0.05, 0.1) is 12.1 Å². The van der Waals surface area contributed by atoms with Gasteiger partial charge in [0.1, 0.15) is 5.52 Å². The van der Waals surface area contributed by atoms with Crippen molar-refractivity contribution in [3.63, 3.8) is 0 Å². The highest BCUT2D eigenvalue weighted by Crippen LogP contribution is 2.29. The molecule has 0 N–H and O–H groups in total. The SMILES string of the molecule is O=C(C1CCN(c2nccn3nccc23)C1)N1CCc2sccc2C1. The summed E-state index contributed by atoms with van der Waals surface area (Å²) in [5.74, 6) is 1.28. The van der Waals surface area contributed by atoms with Crippen LogP contribution in [0, 0.1) is 5.92 Å². The van der Waals surface area contributed by atoms with Gasteiger partial charge in [-0.3, -0.25) is 4.79 Å². The fourth-order valence-electron chi connectivity index (χ4n) is 3.94. The van der Waals surface area contributed by atoms with E-state index in [0.717, 1.165) is 50.4 Å². The molecule has 2 aliphatic rings. The summed E-state index contributed by atoms with van der Waals surface area (Å²) in [5.41, 5.74) is 2.32. The number of aromatic nitrogens is 3. The summed E-state index contributed by atoms with van der Waals surface area (Å²) in [6, 6.07) is 4.13. The van der Waals surface area contributed by atoms with Crippen LogP contribution in [-0.2, 0) is 17.8 Å². The molecular formula is C18H19N5OS. The quantitative estimate of drug-likeness (QED) is 0.709. The largest absolute Gasteiger partial charge is 0.354 e. The fraction of sp³-hybridized carbons (Fsp3) is 0.389. The van der Waals surface area contributed by atoms with Gasteiger partial charge >= 0.3 is 0 Å². The second-order valence-corrected chi connectivity index (χ2v) is 7.72. The first-order chi connectivity index (χ1) is 12.3. The number of thiophene rings is 1. The molecule has 1 atom stereocenters. The van der Waals surface area contributed by atoms with Crippen molar-refractivity contribution in [2.45, 2.75) is 19.4 Å². The summed E-state index contributed by atoms with van der Waals surface area (Å²) in [6.45, 7) is 3.22. The highest BCUT2D eigenvalue weighted by atomic mass is 32.1. The van der Waals surface area contributed by atoms with E-state index in [2.05, 4.69) is 26.4 Å². The Bertz CT molecular complexity index is 932. The molecule has 1 fully saturated rings. The highest BCUT2D eigenvalue weighted by molar-refractivity contribution is 7.10. The van der Waals surface area contributed by atoms with Gasteiger partial charge in [-0.1, -0.05) is 0 Å². The zero-order valence-electron chi connectivity index (χ0n) is 13.8. The lowest BCUT2D eigenvalue weighted by atomic mass is 10.0. The van der Waals surface area contributed by atoms with E-state index in [9.17, 15) is 4.79 Å². The van der Waals surface area contributed by atoms with E-state index in [0.29, 0.717) is 5.91 Å². The average molecular weight is 353 g/mol. The molecule has 3 aromatic heterocycles. The van der Waals surface area contributed by atoms with Crippen LogP contribution >= 0.6 is 11.3 Å². The number of fused-ring (bicyclic) bond motifs is 2. The van der Waals surface area contributed by atoms with Gasteiger partial charge in [0.25, 0.3) is 0 Å². The molecule has 2 aliphatic heterocycles. The lowest BCUT2D eigenvalue weighted by Crippen LogP contribution is -2.40. The Balaban J connectivity index is 1.32. The van der Waals surface area contributed by atoms with Crippen LogP contribution in [0.4, 0.5) is 5.82 Å². The molecule has 7 heteroatoms. The summed E-state index contributed by atoms with van der Waals surface area (Å²) >= 11 is 1.81. The first-order valence-electron chi connectivity index (χ1n) is 8.67. The third kappa shape index (κ3) is 2.50. The van der Waals surface area contributed by atoms with Gasteiger partial charge in [-0.25, -0.2) is 9.50 Å². The maximum absolute atomic E-state index is 13.0. The molecule has 0 radical (unpaired) electrons. The number of carbonyl (C=O) groups excluding carboxylic acids is 1. The van der Waals surface area contributed by atoms with Gasteiger partial charge in [-0.2, -0.15) is 5.10 Å². The van der Waals surface area contributed by atoms with E-state index in [-0.39, 0.29) is 5.92 Å². The molecule has 0 saturated carbocycles. The van der Waals surface area contributed by atoms with Crippen molar-refractivity contribution >= 4 is 28.6 Å². The van der Waals surface area contributed by atoms with Gasteiger partial charge in [0, 0.05) is 43.4 Å². The van der Waals surface area contributed by atoms with E-state index in [1.54, 1.807) is 12.4 Å². The van der Waals surface area contributed by atoms with E-state index >= 15 is 0 Å². The standard InChI is InChI=1S/C18H19N5OS/c24-18(22-8-3-16-13(11-22)4-10-25-16)14-2-7-21(12-14)17-15-1-5-20-23(15)9-6-19-17/h1,4-6,9-10,14H,2-3,7-8,11-12H2. The monoisotopic (exact) mass is 353 g/mol. The van der Waals surface area contributed by atoms with Gasteiger partial charge in [0.15, 0.2) is 5.82 Å². The Morgan fingerprint density at radius 1 is 1.24 bits per heavy atom. The molecule has 1 amide bonds. The summed E-state index contributed by atoms with van der Waals surface area (Å²) in [4.78, 5) is 23.2. The normalized spacial score (nSPS) is 20.2. The summed E-state index contributed by atoms with van der Waals surface area (Å²) in [6.07, 6.45) is 7.29. The van der Waals surface area contributed by atoms with Crippen molar-refractivity contribution in [2.24, 2.45) is 5.92 Å². The molecule has 5 rings (SSSR count). The van der Waals surface area contributed by atoms with E-state index in [1.807, 2.05) is 33.0 Å². The Morgan fingerprint density at radius 2 is 2.20 bits per heavy atom. The molecule has 3 aromatic rings. The first-order valence-corrected chi connectivity index (χ1v) is 9.55. The van der Waals surface area contributed by atoms with Crippen molar-refractivity contribution in [3.8, 4) is 0 Å². The average Bonchev–Trinajstić information content (AvgIpc) is 3.39. The molecule has 1 unspecified atom stereocenters. The van der Waals surface area contributed by atoms with Crippen molar-refractivity contribution in [2.75, 3.05) is 24.5 Å². The molecule has 0 aromatic carbocycles. The fourth-order valence-corrected chi connectivity index (χ4v) is 4.83. The van der Waals surface area contributed by atoms with Crippen molar-refractivity contribution in [3.05, 3.63) is 46.5 Å². The van der Waals surface area contributed by atoms with E-state index in [4.69, 9.17) is 0 Å². The molecule has 0 aliphatic carbocycles. The maximum Gasteiger partial charge on any atom is 0.227 e.